The van der Waals surface area contributed by atoms with Gasteiger partial charge < -0.3 is 9.26 Å². The summed E-state index contributed by atoms with van der Waals surface area (Å²) in [5.74, 6) is -0.260. The molecule has 18 heavy (non-hydrogen) atoms. The molecule has 0 amide bonds. The van der Waals surface area contributed by atoms with E-state index in [0.29, 0.717) is 12.0 Å². The minimum Gasteiger partial charge on any atom is -0.469 e. The number of hydrogen-bond acceptors (Lipinski definition) is 5. The van der Waals surface area contributed by atoms with Gasteiger partial charge in [-0.2, -0.15) is 0 Å². The van der Waals surface area contributed by atoms with E-state index >= 15 is 0 Å². The molecule has 2 aromatic rings. The molecule has 92 valence electrons. The molecule has 0 N–H and O–H groups in total. The quantitative estimate of drug-likeness (QED) is 0.607. The first kappa shape index (κ1) is 12.0. The Bertz CT molecular complexity index is 560. The molecule has 5 heteroatoms. The summed E-state index contributed by atoms with van der Waals surface area (Å²) >= 11 is 0. The second-order valence-electron chi connectivity index (χ2n) is 3.60. The van der Waals surface area contributed by atoms with E-state index in [2.05, 4.69) is 9.89 Å². The van der Waals surface area contributed by atoms with Crippen molar-refractivity contribution in [2.24, 2.45) is 0 Å². The molecule has 0 fully saturated rings. The molecule has 0 radical (unpaired) electrons. The fourth-order valence-electron chi connectivity index (χ4n) is 1.59. The topological polar surface area (TPSA) is 69.4 Å². The van der Waals surface area contributed by atoms with Crippen molar-refractivity contribution in [3.8, 4) is 11.3 Å². The SMILES string of the molecule is COC(=O)Cc1onc(-c2ccccc2)c1C=O. The number of methoxy groups -OCH3 is 1. The molecule has 1 aromatic carbocycles. The molecule has 2 rings (SSSR count). The predicted octanol–water partition coefficient (Wildman–Crippen LogP) is 1.87. The minimum absolute atomic E-state index is 0.107. The summed E-state index contributed by atoms with van der Waals surface area (Å²) < 4.78 is 9.56. The Kier molecular flexibility index (Phi) is 3.52. The molecular formula is C13H11NO4. The zero-order valence-electron chi connectivity index (χ0n) is 9.75. The number of aldehydes is 1. The number of carbonyl (C=O) groups excluding carboxylic acids is 2. The van der Waals surface area contributed by atoms with Crippen LogP contribution in [0.3, 0.4) is 0 Å². The van der Waals surface area contributed by atoms with Crippen LogP contribution in [0.1, 0.15) is 16.1 Å². The first-order valence-corrected chi connectivity index (χ1v) is 5.32. The number of aromatic nitrogens is 1. The van der Waals surface area contributed by atoms with Gasteiger partial charge in [-0.25, -0.2) is 0 Å². The van der Waals surface area contributed by atoms with Crippen LogP contribution in [0.2, 0.25) is 0 Å². The van der Waals surface area contributed by atoms with Gasteiger partial charge in [0.15, 0.2) is 12.0 Å². The van der Waals surface area contributed by atoms with Gasteiger partial charge in [-0.1, -0.05) is 35.5 Å². The highest BCUT2D eigenvalue weighted by atomic mass is 16.5. The third kappa shape index (κ3) is 2.29. The van der Waals surface area contributed by atoms with E-state index < -0.39 is 5.97 Å². The fraction of sp³-hybridized carbons (Fsp3) is 0.154. The maximum absolute atomic E-state index is 11.2. The molecule has 0 saturated carbocycles. The Labute approximate surface area is 103 Å². The van der Waals surface area contributed by atoms with E-state index in [0.717, 1.165) is 5.56 Å². The number of hydrogen-bond donors (Lipinski definition) is 0. The van der Waals surface area contributed by atoms with E-state index in [4.69, 9.17) is 4.52 Å². The molecule has 0 aliphatic heterocycles. The molecule has 0 saturated heterocycles. The third-order valence-electron chi connectivity index (χ3n) is 2.50. The molecule has 0 spiro atoms. The van der Waals surface area contributed by atoms with Crippen LogP contribution in [0.4, 0.5) is 0 Å². The summed E-state index contributed by atoms with van der Waals surface area (Å²) in [5.41, 5.74) is 1.48. The average molecular weight is 245 g/mol. The van der Waals surface area contributed by atoms with Gasteiger partial charge in [0.2, 0.25) is 0 Å². The number of carbonyl (C=O) groups is 2. The van der Waals surface area contributed by atoms with Crippen LogP contribution < -0.4 is 0 Å². The van der Waals surface area contributed by atoms with Crippen molar-refractivity contribution in [1.29, 1.82) is 0 Å². The second-order valence-corrected chi connectivity index (χ2v) is 3.60. The van der Waals surface area contributed by atoms with Gasteiger partial charge in [0, 0.05) is 5.56 Å². The summed E-state index contributed by atoms with van der Waals surface area (Å²) in [6.45, 7) is 0. The van der Waals surface area contributed by atoms with Crippen LogP contribution in [0.5, 0.6) is 0 Å². The number of nitrogens with zero attached hydrogens (tertiary/aromatic N) is 1. The summed E-state index contributed by atoms with van der Waals surface area (Å²) in [7, 11) is 1.28. The van der Waals surface area contributed by atoms with E-state index in [9.17, 15) is 9.59 Å². The van der Waals surface area contributed by atoms with Gasteiger partial charge >= 0.3 is 5.97 Å². The highest BCUT2D eigenvalue weighted by Gasteiger charge is 2.19. The lowest BCUT2D eigenvalue weighted by molar-refractivity contribution is -0.140. The molecule has 1 aromatic heterocycles. The Balaban J connectivity index is 2.39. The largest absolute Gasteiger partial charge is 0.469 e. The number of rotatable bonds is 4. The molecule has 1 heterocycles. The van der Waals surface area contributed by atoms with Gasteiger partial charge in [0.1, 0.15) is 12.1 Å². The van der Waals surface area contributed by atoms with Gasteiger partial charge in [-0.3, -0.25) is 9.59 Å². The average Bonchev–Trinajstić information content (AvgIpc) is 2.82. The summed E-state index contributed by atoms with van der Waals surface area (Å²) in [4.78, 5) is 22.3. The van der Waals surface area contributed by atoms with Crippen LogP contribution in [-0.4, -0.2) is 24.5 Å². The van der Waals surface area contributed by atoms with Crippen LogP contribution in [0.25, 0.3) is 11.3 Å². The number of esters is 1. The van der Waals surface area contributed by atoms with E-state index in [1.165, 1.54) is 7.11 Å². The summed E-state index contributed by atoms with van der Waals surface area (Å²) in [6, 6.07) is 9.15. The van der Waals surface area contributed by atoms with Gasteiger partial charge in [-0.15, -0.1) is 0 Å². The van der Waals surface area contributed by atoms with E-state index in [1.807, 2.05) is 30.3 Å². The molecular weight excluding hydrogens is 234 g/mol. The summed E-state index contributed by atoms with van der Waals surface area (Å²) in [6.07, 6.45) is 0.529. The maximum Gasteiger partial charge on any atom is 0.313 e. The Morgan fingerprint density at radius 1 is 1.39 bits per heavy atom. The smallest absolute Gasteiger partial charge is 0.313 e. The van der Waals surface area contributed by atoms with E-state index in [-0.39, 0.29) is 17.7 Å². The lowest BCUT2D eigenvalue weighted by Gasteiger charge is -1.97. The number of ether oxygens (including phenoxy) is 1. The van der Waals surface area contributed by atoms with Gasteiger partial charge in [-0.05, 0) is 0 Å². The summed E-state index contributed by atoms with van der Waals surface area (Å²) in [5, 5.41) is 3.83. The number of benzene rings is 1. The second kappa shape index (κ2) is 5.27. The van der Waals surface area contributed by atoms with Crippen molar-refractivity contribution < 1.29 is 18.8 Å². The highest BCUT2D eigenvalue weighted by molar-refractivity contribution is 5.88. The van der Waals surface area contributed by atoms with Gasteiger partial charge in [0.05, 0.1) is 12.7 Å². The molecule has 0 atom stereocenters. The van der Waals surface area contributed by atoms with Gasteiger partial charge in [0.25, 0.3) is 0 Å². The van der Waals surface area contributed by atoms with Crippen molar-refractivity contribution in [3.05, 3.63) is 41.7 Å². The normalized spacial score (nSPS) is 10.1. The standard InChI is InChI=1S/C13H11NO4/c1-17-12(16)7-11-10(8-15)13(14-18-11)9-5-3-2-4-6-9/h2-6,8H,7H2,1H3. The Morgan fingerprint density at radius 2 is 2.11 bits per heavy atom. The van der Waals surface area contributed by atoms with Crippen molar-refractivity contribution >= 4 is 12.3 Å². The van der Waals surface area contributed by atoms with Crippen molar-refractivity contribution in [2.45, 2.75) is 6.42 Å². The van der Waals surface area contributed by atoms with Crippen molar-refractivity contribution in [3.63, 3.8) is 0 Å². The third-order valence-corrected chi connectivity index (χ3v) is 2.50. The predicted molar refractivity (Wildman–Crippen MR) is 63.0 cm³/mol. The fourth-order valence-corrected chi connectivity index (χ4v) is 1.59. The zero-order valence-corrected chi connectivity index (χ0v) is 9.75. The maximum atomic E-state index is 11.2. The van der Waals surface area contributed by atoms with Crippen molar-refractivity contribution in [2.75, 3.05) is 7.11 Å². The van der Waals surface area contributed by atoms with Crippen molar-refractivity contribution in [1.82, 2.24) is 5.16 Å². The van der Waals surface area contributed by atoms with Crippen LogP contribution in [0.15, 0.2) is 34.9 Å². The zero-order chi connectivity index (χ0) is 13.0. The molecule has 0 aliphatic carbocycles. The molecule has 0 bridgehead atoms. The first-order valence-electron chi connectivity index (χ1n) is 5.32. The lowest BCUT2D eigenvalue weighted by atomic mass is 10.1. The first-order chi connectivity index (χ1) is 8.76. The monoisotopic (exact) mass is 245 g/mol. The lowest BCUT2D eigenvalue weighted by Crippen LogP contribution is -2.05. The van der Waals surface area contributed by atoms with Crippen LogP contribution >= 0.6 is 0 Å². The molecule has 5 nitrogen and oxygen atoms in total. The molecule has 0 unspecified atom stereocenters. The van der Waals surface area contributed by atoms with Crippen LogP contribution in [0, 0.1) is 0 Å². The Morgan fingerprint density at radius 3 is 2.72 bits per heavy atom. The molecule has 0 aliphatic rings. The minimum atomic E-state index is -0.478. The Hall–Kier alpha value is -2.43. The highest BCUT2D eigenvalue weighted by Crippen LogP contribution is 2.24. The van der Waals surface area contributed by atoms with Crippen LogP contribution in [-0.2, 0) is 16.0 Å². The van der Waals surface area contributed by atoms with E-state index in [1.54, 1.807) is 0 Å².